The fourth-order valence-corrected chi connectivity index (χ4v) is 1.17. The van der Waals surface area contributed by atoms with Gasteiger partial charge in [0.2, 0.25) is 5.78 Å². The molecule has 0 aromatic heterocycles. The van der Waals surface area contributed by atoms with Crippen LogP contribution >= 0.6 is 0 Å². The summed E-state index contributed by atoms with van der Waals surface area (Å²) in [5.41, 5.74) is 0.564. The fraction of sp³-hybridized carbons (Fsp3) is 0.333. The molecule has 0 saturated heterocycles. The van der Waals surface area contributed by atoms with Crippen LogP contribution in [0.3, 0.4) is 0 Å². The van der Waals surface area contributed by atoms with Crippen LogP contribution in [0.5, 0.6) is 0 Å². The summed E-state index contributed by atoms with van der Waals surface area (Å²) in [6.45, 7) is 3.28. The van der Waals surface area contributed by atoms with Gasteiger partial charge in [-0.2, -0.15) is 0 Å². The Morgan fingerprint density at radius 1 is 1.27 bits per heavy atom. The normalized spacial score (nSPS) is 11.9. The first-order chi connectivity index (χ1) is 7.15. The predicted octanol–water partition coefficient (Wildman–Crippen LogP) is 2.21. The first kappa shape index (κ1) is 11.4. The number of ketones is 1. The summed E-state index contributed by atoms with van der Waals surface area (Å²) in [7, 11) is 0. The van der Waals surface area contributed by atoms with E-state index < -0.39 is 6.10 Å². The molecule has 0 aliphatic heterocycles. The second kappa shape index (κ2) is 5.29. The Morgan fingerprint density at radius 2 is 1.87 bits per heavy atom. The number of hydrogen-bond acceptors (Lipinski definition) is 3. The van der Waals surface area contributed by atoms with E-state index in [-0.39, 0.29) is 18.2 Å². The average Bonchev–Trinajstić information content (AvgIpc) is 2.29. The van der Waals surface area contributed by atoms with E-state index in [1.54, 1.807) is 38.1 Å². The topological polar surface area (TPSA) is 43.4 Å². The van der Waals surface area contributed by atoms with Crippen LogP contribution in [0.4, 0.5) is 0 Å². The van der Waals surface area contributed by atoms with Crippen LogP contribution in [-0.4, -0.2) is 17.9 Å². The van der Waals surface area contributed by atoms with Gasteiger partial charge in [-0.15, -0.1) is 0 Å². The molecule has 0 saturated carbocycles. The summed E-state index contributed by atoms with van der Waals surface area (Å²) < 4.78 is 4.93. The van der Waals surface area contributed by atoms with Crippen molar-refractivity contribution in [1.29, 1.82) is 0 Å². The van der Waals surface area contributed by atoms with E-state index in [0.717, 1.165) is 0 Å². The van der Waals surface area contributed by atoms with Gasteiger partial charge in [0.05, 0.1) is 0 Å². The van der Waals surface area contributed by atoms with E-state index in [4.69, 9.17) is 4.74 Å². The predicted molar refractivity (Wildman–Crippen MR) is 56.6 cm³/mol. The second-order valence-electron chi connectivity index (χ2n) is 3.22. The van der Waals surface area contributed by atoms with Crippen LogP contribution in [0.25, 0.3) is 0 Å². The van der Waals surface area contributed by atoms with Gasteiger partial charge in [0.15, 0.2) is 6.10 Å². The highest BCUT2D eigenvalue weighted by atomic mass is 16.5. The van der Waals surface area contributed by atoms with Crippen molar-refractivity contribution >= 4 is 11.8 Å². The molecule has 1 rings (SSSR count). The van der Waals surface area contributed by atoms with E-state index in [2.05, 4.69) is 0 Å². The lowest BCUT2D eigenvalue weighted by molar-refractivity contribution is -0.145. The zero-order valence-corrected chi connectivity index (χ0v) is 8.90. The third kappa shape index (κ3) is 3.20. The number of carbonyl (C=O) groups is 2. The summed E-state index contributed by atoms with van der Waals surface area (Å²) in [6, 6.07) is 8.81. The summed E-state index contributed by atoms with van der Waals surface area (Å²) in [5.74, 6) is -0.524. The maximum absolute atomic E-state index is 11.7. The minimum Gasteiger partial charge on any atom is -0.454 e. The first-order valence-corrected chi connectivity index (χ1v) is 4.94. The molecule has 0 bridgehead atoms. The maximum atomic E-state index is 11.7. The Hall–Kier alpha value is -1.64. The van der Waals surface area contributed by atoms with Crippen molar-refractivity contribution in [1.82, 2.24) is 0 Å². The number of hydrogen-bond donors (Lipinski definition) is 0. The largest absolute Gasteiger partial charge is 0.454 e. The Bertz CT molecular complexity index is 343. The van der Waals surface area contributed by atoms with Gasteiger partial charge in [-0.3, -0.25) is 9.59 Å². The summed E-state index contributed by atoms with van der Waals surface area (Å²) in [6.07, 6.45) is -0.424. The van der Waals surface area contributed by atoms with Crippen LogP contribution in [0.2, 0.25) is 0 Å². The molecule has 0 N–H and O–H groups in total. The highest BCUT2D eigenvalue weighted by molar-refractivity contribution is 6.00. The standard InChI is InChI=1S/C12H14O3/c1-3-11(13)15-9(2)12(14)10-7-5-4-6-8-10/h4-9H,3H2,1-2H3. The fourth-order valence-electron chi connectivity index (χ4n) is 1.17. The van der Waals surface area contributed by atoms with Gasteiger partial charge in [0.25, 0.3) is 0 Å². The Balaban J connectivity index is 2.65. The minimum atomic E-state index is -0.708. The zero-order valence-electron chi connectivity index (χ0n) is 8.90. The lowest BCUT2D eigenvalue weighted by Gasteiger charge is -2.11. The molecule has 1 aromatic rings. The molecule has 0 spiro atoms. The average molecular weight is 206 g/mol. The van der Waals surface area contributed by atoms with E-state index in [0.29, 0.717) is 5.56 Å². The Labute approximate surface area is 89.1 Å². The van der Waals surface area contributed by atoms with Crippen molar-refractivity contribution in [2.45, 2.75) is 26.4 Å². The molecular formula is C12H14O3. The molecule has 0 heterocycles. The molecule has 0 aliphatic carbocycles. The number of rotatable bonds is 4. The van der Waals surface area contributed by atoms with Gasteiger partial charge < -0.3 is 4.74 Å². The molecule has 80 valence electrons. The van der Waals surface area contributed by atoms with Gasteiger partial charge in [0.1, 0.15) is 0 Å². The summed E-state index contributed by atoms with van der Waals surface area (Å²) >= 11 is 0. The van der Waals surface area contributed by atoms with Crippen LogP contribution in [0, 0.1) is 0 Å². The second-order valence-corrected chi connectivity index (χ2v) is 3.22. The third-order valence-corrected chi connectivity index (χ3v) is 2.02. The summed E-state index contributed by atoms with van der Waals surface area (Å²) in [4.78, 5) is 22.7. The number of ether oxygens (including phenoxy) is 1. The Kier molecular flexibility index (Phi) is 4.03. The van der Waals surface area contributed by atoms with Crippen LogP contribution in [0.15, 0.2) is 30.3 Å². The SMILES string of the molecule is CCC(=O)OC(C)C(=O)c1ccccc1. The number of carbonyl (C=O) groups excluding carboxylic acids is 2. The molecular weight excluding hydrogens is 192 g/mol. The van der Waals surface area contributed by atoms with Crippen molar-refractivity contribution in [2.24, 2.45) is 0 Å². The number of benzene rings is 1. The molecule has 3 heteroatoms. The third-order valence-electron chi connectivity index (χ3n) is 2.02. The number of Topliss-reactive ketones (excluding diaryl/α,β-unsaturated/α-hetero) is 1. The van der Waals surface area contributed by atoms with Crippen molar-refractivity contribution in [3.8, 4) is 0 Å². The molecule has 0 radical (unpaired) electrons. The highest BCUT2D eigenvalue weighted by Crippen LogP contribution is 2.06. The molecule has 0 amide bonds. The lowest BCUT2D eigenvalue weighted by atomic mass is 10.1. The van der Waals surface area contributed by atoms with E-state index in [1.807, 2.05) is 6.07 Å². The molecule has 1 atom stereocenters. The zero-order chi connectivity index (χ0) is 11.3. The van der Waals surface area contributed by atoms with Crippen LogP contribution in [0.1, 0.15) is 30.6 Å². The number of esters is 1. The molecule has 0 fully saturated rings. The molecule has 1 unspecified atom stereocenters. The lowest BCUT2D eigenvalue weighted by Crippen LogP contribution is -2.23. The first-order valence-electron chi connectivity index (χ1n) is 4.94. The van der Waals surface area contributed by atoms with Gasteiger partial charge in [-0.1, -0.05) is 37.3 Å². The van der Waals surface area contributed by atoms with Crippen molar-refractivity contribution in [3.05, 3.63) is 35.9 Å². The van der Waals surface area contributed by atoms with Gasteiger partial charge in [0, 0.05) is 12.0 Å². The Morgan fingerprint density at radius 3 is 2.40 bits per heavy atom. The van der Waals surface area contributed by atoms with Gasteiger partial charge >= 0.3 is 5.97 Å². The van der Waals surface area contributed by atoms with Crippen molar-refractivity contribution in [3.63, 3.8) is 0 Å². The minimum absolute atomic E-state index is 0.169. The smallest absolute Gasteiger partial charge is 0.306 e. The van der Waals surface area contributed by atoms with Crippen molar-refractivity contribution in [2.75, 3.05) is 0 Å². The van der Waals surface area contributed by atoms with Gasteiger partial charge in [-0.25, -0.2) is 0 Å². The monoisotopic (exact) mass is 206 g/mol. The molecule has 0 aliphatic rings. The van der Waals surface area contributed by atoms with E-state index in [1.165, 1.54) is 0 Å². The van der Waals surface area contributed by atoms with Crippen molar-refractivity contribution < 1.29 is 14.3 Å². The van der Waals surface area contributed by atoms with E-state index >= 15 is 0 Å². The maximum Gasteiger partial charge on any atom is 0.306 e. The highest BCUT2D eigenvalue weighted by Gasteiger charge is 2.17. The summed E-state index contributed by atoms with van der Waals surface area (Å²) in [5, 5.41) is 0. The van der Waals surface area contributed by atoms with Crippen LogP contribution in [-0.2, 0) is 9.53 Å². The molecule has 15 heavy (non-hydrogen) atoms. The van der Waals surface area contributed by atoms with Crippen LogP contribution < -0.4 is 0 Å². The molecule has 3 nitrogen and oxygen atoms in total. The molecule has 1 aromatic carbocycles. The van der Waals surface area contributed by atoms with E-state index in [9.17, 15) is 9.59 Å². The van der Waals surface area contributed by atoms with Gasteiger partial charge in [-0.05, 0) is 6.92 Å². The quantitative estimate of drug-likeness (QED) is 0.560.